The second-order valence-electron chi connectivity index (χ2n) is 5.24. The van der Waals surface area contributed by atoms with Crippen LogP contribution in [0, 0.1) is 0 Å². The molecule has 1 unspecified atom stereocenters. The third-order valence-electron chi connectivity index (χ3n) is 3.50. The average molecular weight is 340 g/mol. The normalized spacial score (nSPS) is 11.7. The molecule has 25 heavy (non-hydrogen) atoms. The lowest BCUT2D eigenvalue weighted by molar-refractivity contribution is 0.0906. The Labute approximate surface area is 143 Å². The Morgan fingerprint density at radius 2 is 1.80 bits per heavy atom. The van der Waals surface area contributed by atoms with Crippen molar-refractivity contribution in [3.8, 4) is 0 Å². The molecule has 3 rings (SSSR count). The fourth-order valence-corrected chi connectivity index (χ4v) is 2.28. The van der Waals surface area contributed by atoms with Gasteiger partial charge in [0.15, 0.2) is 5.76 Å². The smallest absolute Gasteiger partial charge is 0.291 e. The third-order valence-corrected chi connectivity index (χ3v) is 3.50. The molecule has 1 aromatic carbocycles. The number of hydrogen-bond acceptors (Lipinski definition) is 5. The summed E-state index contributed by atoms with van der Waals surface area (Å²) in [5, 5.41) is 14.8. The van der Waals surface area contributed by atoms with Crippen molar-refractivity contribution >= 4 is 17.5 Å². The predicted molar refractivity (Wildman–Crippen MR) is 89.1 cm³/mol. The highest BCUT2D eigenvalue weighted by atomic mass is 16.3. The van der Waals surface area contributed by atoms with Crippen molar-refractivity contribution in [2.24, 2.45) is 0 Å². The number of amides is 2. The number of anilines is 1. The molecule has 2 aromatic heterocycles. The number of nitrogens with one attached hydrogen (secondary N) is 2. The summed E-state index contributed by atoms with van der Waals surface area (Å²) in [6.45, 7) is -0.297. The molecule has 2 heterocycles. The van der Waals surface area contributed by atoms with Crippen molar-refractivity contribution in [1.82, 2.24) is 5.32 Å². The summed E-state index contributed by atoms with van der Waals surface area (Å²) >= 11 is 0. The summed E-state index contributed by atoms with van der Waals surface area (Å²) in [5.41, 5.74) is 0.787. The van der Waals surface area contributed by atoms with E-state index in [1.165, 1.54) is 18.6 Å². The van der Waals surface area contributed by atoms with Gasteiger partial charge in [0.2, 0.25) is 0 Å². The Bertz CT molecular complexity index is 840. The van der Waals surface area contributed by atoms with E-state index in [4.69, 9.17) is 8.83 Å². The van der Waals surface area contributed by atoms with Crippen molar-refractivity contribution in [3.05, 3.63) is 78.1 Å². The molecule has 0 saturated heterocycles. The van der Waals surface area contributed by atoms with E-state index in [1.54, 1.807) is 42.5 Å². The molecule has 0 spiro atoms. The quantitative estimate of drug-likeness (QED) is 0.640. The lowest BCUT2D eigenvalue weighted by atomic mass is 10.1. The van der Waals surface area contributed by atoms with Crippen molar-refractivity contribution in [2.45, 2.75) is 6.04 Å². The minimum atomic E-state index is -0.649. The van der Waals surface area contributed by atoms with Crippen LogP contribution in [0.4, 0.5) is 5.69 Å². The molecule has 0 bridgehead atoms. The van der Waals surface area contributed by atoms with Crippen molar-refractivity contribution in [1.29, 1.82) is 0 Å². The number of benzene rings is 1. The minimum Gasteiger partial charge on any atom is -0.467 e. The maximum absolute atomic E-state index is 12.4. The zero-order chi connectivity index (χ0) is 17.6. The fraction of sp³-hybridized carbons (Fsp3) is 0.111. The standard InChI is InChI=1S/C18H16N2O5/c21-11-14(15-6-2-8-24-15)20-17(22)12-4-1-5-13(10-12)19-18(23)16-7-3-9-25-16/h1-10,14,21H,11H2,(H,19,23)(H,20,22). The van der Waals surface area contributed by atoms with Crippen LogP contribution in [0.15, 0.2) is 69.9 Å². The van der Waals surface area contributed by atoms with E-state index in [2.05, 4.69) is 10.6 Å². The molecule has 0 saturated carbocycles. The number of hydrogen-bond donors (Lipinski definition) is 3. The summed E-state index contributed by atoms with van der Waals surface area (Å²) in [6, 6.07) is 12.3. The lowest BCUT2D eigenvalue weighted by Crippen LogP contribution is -2.30. The van der Waals surface area contributed by atoms with Crippen LogP contribution in [-0.4, -0.2) is 23.5 Å². The van der Waals surface area contributed by atoms with Gasteiger partial charge in [-0.25, -0.2) is 0 Å². The molecule has 0 aliphatic heterocycles. The number of rotatable bonds is 6. The van der Waals surface area contributed by atoms with Crippen molar-refractivity contribution in [2.75, 3.05) is 11.9 Å². The number of aliphatic hydroxyl groups is 1. The van der Waals surface area contributed by atoms with Crippen LogP contribution in [0.2, 0.25) is 0 Å². The van der Waals surface area contributed by atoms with Gasteiger partial charge < -0.3 is 24.6 Å². The highest BCUT2D eigenvalue weighted by Crippen LogP contribution is 2.16. The molecular weight excluding hydrogens is 324 g/mol. The van der Waals surface area contributed by atoms with Crippen LogP contribution in [0.25, 0.3) is 0 Å². The first-order chi connectivity index (χ1) is 12.2. The zero-order valence-corrected chi connectivity index (χ0v) is 13.1. The molecule has 0 fully saturated rings. The Morgan fingerprint density at radius 3 is 2.48 bits per heavy atom. The number of carbonyl (C=O) groups excluding carboxylic acids is 2. The molecule has 1 atom stereocenters. The molecule has 0 aliphatic rings. The molecule has 2 amide bonds. The van der Waals surface area contributed by atoms with Gasteiger partial charge in [0.1, 0.15) is 11.8 Å². The van der Waals surface area contributed by atoms with Gasteiger partial charge in [-0.2, -0.15) is 0 Å². The van der Waals surface area contributed by atoms with E-state index in [-0.39, 0.29) is 12.4 Å². The SMILES string of the molecule is O=C(NC(CO)c1ccco1)c1cccc(NC(=O)c2ccco2)c1. The zero-order valence-electron chi connectivity index (χ0n) is 13.1. The fourth-order valence-electron chi connectivity index (χ4n) is 2.28. The molecular formula is C18H16N2O5. The van der Waals surface area contributed by atoms with Crippen LogP contribution in [0.1, 0.15) is 32.7 Å². The summed E-state index contributed by atoms with van der Waals surface area (Å²) in [7, 11) is 0. The van der Waals surface area contributed by atoms with Gasteiger partial charge in [0.25, 0.3) is 11.8 Å². The van der Waals surface area contributed by atoms with Crippen LogP contribution in [0.3, 0.4) is 0 Å². The largest absolute Gasteiger partial charge is 0.467 e. The van der Waals surface area contributed by atoms with Crippen LogP contribution in [-0.2, 0) is 0 Å². The summed E-state index contributed by atoms with van der Waals surface area (Å²) in [5.74, 6) is -0.179. The first-order valence-corrected chi connectivity index (χ1v) is 7.57. The second kappa shape index (κ2) is 7.50. The van der Waals surface area contributed by atoms with Gasteiger partial charge in [-0.1, -0.05) is 6.07 Å². The topological polar surface area (TPSA) is 105 Å². The Hall–Kier alpha value is -3.32. The first kappa shape index (κ1) is 16.5. The first-order valence-electron chi connectivity index (χ1n) is 7.57. The Balaban J connectivity index is 1.70. The van der Waals surface area contributed by atoms with E-state index >= 15 is 0 Å². The van der Waals surface area contributed by atoms with Gasteiger partial charge in [-0.05, 0) is 42.5 Å². The average Bonchev–Trinajstić information content (AvgIpc) is 3.33. The van der Waals surface area contributed by atoms with E-state index in [1.807, 2.05) is 0 Å². The minimum absolute atomic E-state index is 0.174. The van der Waals surface area contributed by atoms with Gasteiger partial charge in [0, 0.05) is 11.3 Å². The number of furan rings is 2. The number of carbonyl (C=O) groups is 2. The summed E-state index contributed by atoms with van der Waals surface area (Å²) in [6.07, 6.45) is 2.87. The molecule has 3 aromatic rings. The molecule has 7 nitrogen and oxygen atoms in total. The van der Waals surface area contributed by atoms with Crippen LogP contribution < -0.4 is 10.6 Å². The van der Waals surface area contributed by atoms with Crippen LogP contribution in [0.5, 0.6) is 0 Å². The Morgan fingerprint density at radius 1 is 1.00 bits per heavy atom. The molecule has 128 valence electrons. The van der Waals surface area contributed by atoms with Crippen LogP contribution >= 0.6 is 0 Å². The van der Waals surface area contributed by atoms with Gasteiger partial charge in [0.05, 0.1) is 19.1 Å². The van der Waals surface area contributed by atoms with E-state index in [0.29, 0.717) is 17.0 Å². The van der Waals surface area contributed by atoms with Gasteiger partial charge >= 0.3 is 0 Å². The predicted octanol–water partition coefficient (Wildman–Crippen LogP) is 2.59. The highest BCUT2D eigenvalue weighted by molar-refractivity contribution is 6.03. The van der Waals surface area contributed by atoms with E-state index in [9.17, 15) is 14.7 Å². The van der Waals surface area contributed by atoms with E-state index < -0.39 is 17.9 Å². The maximum Gasteiger partial charge on any atom is 0.291 e. The summed E-state index contributed by atoms with van der Waals surface area (Å²) < 4.78 is 10.2. The number of aliphatic hydroxyl groups excluding tert-OH is 1. The molecule has 3 N–H and O–H groups in total. The second-order valence-corrected chi connectivity index (χ2v) is 5.24. The third kappa shape index (κ3) is 3.96. The molecule has 0 radical (unpaired) electrons. The van der Waals surface area contributed by atoms with Crippen molar-refractivity contribution in [3.63, 3.8) is 0 Å². The monoisotopic (exact) mass is 340 g/mol. The van der Waals surface area contributed by atoms with Gasteiger partial charge in [-0.3, -0.25) is 9.59 Å². The maximum atomic E-state index is 12.4. The van der Waals surface area contributed by atoms with Gasteiger partial charge in [-0.15, -0.1) is 0 Å². The summed E-state index contributed by atoms with van der Waals surface area (Å²) in [4.78, 5) is 24.4. The van der Waals surface area contributed by atoms with E-state index in [0.717, 1.165) is 0 Å². The lowest BCUT2D eigenvalue weighted by Gasteiger charge is -2.14. The molecule has 7 heteroatoms. The Kier molecular flexibility index (Phi) is 4.96. The van der Waals surface area contributed by atoms with Crippen molar-refractivity contribution < 1.29 is 23.5 Å². The molecule has 0 aliphatic carbocycles. The highest BCUT2D eigenvalue weighted by Gasteiger charge is 2.18.